The number of nitrogens with two attached hydrogens (primary N) is 1. The van der Waals surface area contributed by atoms with Crippen LogP contribution in [0.2, 0.25) is 0 Å². The maximum Gasteiger partial charge on any atom is 0.141 e. The van der Waals surface area contributed by atoms with Crippen LogP contribution in [0.1, 0.15) is 5.56 Å². The summed E-state index contributed by atoms with van der Waals surface area (Å²) in [6.45, 7) is 0. The number of benzene rings is 2. The van der Waals surface area contributed by atoms with E-state index in [4.69, 9.17) is 15.9 Å². The topological polar surface area (TPSA) is 59.1 Å². The van der Waals surface area contributed by atoms with Crippen molar-refractivity contribution in [1.82, 2.24) is 0 Å². The number of hydrogen-bond donors (Lipinski definition) is 2. The minimum Gasteiger partial charge on any atom is -0.456 e. The molecule has 0 atom stereocenters. The number of halogens is 2. The largest absolute Gasteiger partial charge is 0.456 e. The van der Waals surface area contributed by atoms with Crippen LogP contribution in [0.25, 0.3) is 0 Å². The third-order valence-electron chi connectivity index (χ3n) is 2.27. The van der Waals surface area contributed by atoms with Crippen molar-refractivity contribution in [2.24, 2.45) is 5.73 Å². The number of ether oxygens (including phenoxy) is 1. The Labute approximate surface area is 122 Å². The predicted molar refractivity (Wildman–Crippen MR) is 79.4 cm³/mol. The molecule has 0 aromatic heterocycles. The summed E-state index contributed by atoms with van der Waals surface area (Å²) in [5.74, 6) is 1.45. The van der Waals surface area contributed by atoms with Crippen molar-refractivity contribution in [1.29, 1.82) is 5.41 Å². The van der Waals surface area contributed by atoms with Crippen LogP contribution in [-0.4, -0.2) is 5.84 Å². The highest BCUT2D eigenvalue weighted by Crippen LogP contribution is 2.31. The third-order valence-corrected chi connectivity index (χ3v) is 3.38. The molecule has 5 heteroatoms. The normalized spacial score (nSPS) is 10.1. The zero-order chi connectivity index (χ0) is 13.1. The molecule has 0 fully saturated rings. The molecule has 0 heterocycles. The molecule has 0 saturated carbocycles. The SMILES string of the molecule is N=C(N)c1ccc(Oc2cccc(Br)c2)c(Br)c1. The average Bonchev–Trinajstić information content (AvgIpc) is 2.31. The van der Waals surface area contributed by atoms with Gasteiger partial charge in [-0.25, -0.2) is 0 Å². The van der Waals surface area contributed by atoms with Gasteiger partial charge in [-0.2, -0.15) is 0 Å². The van der Waals surface area contributed by atoms with Crippen LogP contribution in [0, 0.1) is 5.41 Å². The molecule has 0 aliphatic heterocycles. The first-order chi connectivity index (χ1) is 8.56. The van der Waals surface area contributed by atoms with E-state index >= 15 is 0 Å². The second kappa shape index (κ2) is 5.54. The summed E-state index contributed by atoms with van der Waals surface area (Å²) in [6, 6.07) is 12.9. The first-order valence-electron chi connectivity index (χ1n) is 5.13. The molecule has 2 aromatic carbocycles. The summed E-state index contributed by atoms with van der Waals surface area (Å²) in [7, 11) is 0. The highest BCUT2D eigenvalue weighted by Gasteiger charge is 2.05. The van der Waals surface area contributed by atoms with Gasteiger partial charge in [0, 0.05) is 10.0 Å². The smallest absolute Gasteiger partial charge is 0.141 e. The van der Waals surface area contributed by atoms with Crippen molar-refractivity contribution < 1.29 is 4.74 Å². The maximum absolute atomic E-state index is 7.36. The molecule has 0 radical (unpaired) electrons. The van der Waals surface area contributed by atoms with Gasteiger partial charge in [-0.15, -0.1) is 0 Å². The van der Waals surface area contributed by atoms with Gasteiger partial charge in [-0.3, -0.25) is 5.41 Å². The van der Waals surface area contributed by atoms with Gasteiger partial charge in [0.05, 0.1) is 4.47 Å². The Morgan fingerprint density at radius 2 is 1.89 bits per heavy atom. The predicted octanol–water partition coefficient (Wildman–Crippen LogP) is 4.29. The van der Waals surface area contributed by atoms with Crippen molar-refractivity contribution >= 4 is 37.7 Å². The monoisotopic (exact) mass is 368 g/mol. The number of rotatable bonds is 3. The highest BCUT2D eigenvalue weighted by molar-refractivity contribution is 9.10. The van der Waals surface area contributed by atoms with E-state index in [0.717, 1.165) is 14.7 Å². The average molecular weight is 370 g/mol. The van der Waals surface area contributed by atoms with Crippen molar-refractivity contribution in [3.63, 3.8) is 0 Å². The third kappa shape index (κ3) is 3.11. The minimum atomic E-state index is 0.0321. The van der Waals surface area contributed by atoms with Gasteiger partial charge in [0.15, 0.2) is 0 Å². The molecule has 0 aliphatic carbocycles. The fraction of sp³-hybridized carbons (Fsp3) is 0. The molecule has 0 bridgehead atoms. The maximum atomic E-state index is 7.36. The molecule has 92 valence electrons. The van der Waals surface area contributed by atoms with Gasteiger partial charge in [0.1, 0.15) is 17.3 Å². The summed E-state index contributed by atoms with van der Waals surface area (Å²) in [4.78, 5) is 0. The molecule has 3 nitrogen and oxygen atoms in total. The van der Waals surface area contributed by atoms with Gasteiger partial charge in [-0.1, -0.05) is 22.0 Å². The van der Waals surface area contributed by atoms with Crippen molar-refractivity contribution in [3.8, 4) is 11.5 Å². The number of nitrogens with one attached hydrogen (secondary N) is 1. The van der Waals surface area contributed by atoms with E-state index in [1.54, 1.807) is 18.2 Å². The first kappa shape index (κ1) is 13.1. The van der Waals surface area contributed by atoms with Crippen molar-refractivity contribution in [3.05, 3.63) is 57.0 Å². The quantitative estimate of drug-likeness (QED) is 0.626. The molecular weight excluding hydrogens is 360 g/mol. The lowest BCUT2D eigenvalue weighted by Gasteiger charge is -2.09. The Morgan fingerprint density at radius 1 is 1.11 bits per heavy atom. The van der Waals surface area contributed by atoms with Crippen LogP contribution in [-0.2, 0) is 0 Å². The van der Waals surface area contributed by atoms with E-state index in [2.05, 4.69) is 31.9 Å². The van der Waals surface area contributed by atoms with Gasteiger partial charge in [0.25, 0.3) is 0 Å². The Morgan fingerprint density at radius 3 is 2.50 bits per heavy atom. The van der Waals surface area contributed by atoms with Crippen molar-refractivity contribution in [2.75, 3.05) is 0 Å². The molecule has 0 aliphatic rings. The zero-order valence-electron chi connectivity index (χ0n) is 9.28. The lowest BCUT2D eigenvalue weighted by Crippen LogP contribution is -2.10. The van der Waals surface area contributed by atoms with Crippen LogP contribution < -0.4 is 10.5 Å². The van der Waals surface area contributed by atoms with E-state index in [1.165, 1.54) is 0 Å². The molecule has 0 amide bonds. The summed E-state index contributed by atoms with van der Waals surface area (Å²) in [6.07, 6.45) is 0. The molecule has 2 aromatic rings. The van der Waals surface area contributed by atoms with Crippen molar-refractivity contribution in [2.45, 2.75) is 0 Å². The second-order valence-electron chi connectivity index (χ2n) is 3.62. The van der Waals surface area contributed by atoms with E-state index < -0.39 is 0 Å². The Bertz CT molecular complexity index is 599. The van der Waals surface area contributed by atoms with Crippen LogP contribution >= 0.6 is 31.9 Å². The standard InChI is InChI=1S/C13H10Br2N2O/c14-9-2-1-3-10(7-9)18-12-5-4-8(13(16)17)6-11(12)15/h1-7H,(H3,16,17). The summed E-state index contributed by atoms with van der Waals surface area (Å²) in [5, 5.41) is 7.36. The van der Waals surface area contributed by atoms with Crippen LogP contribution in [0.4, 0.5) is 0 Å². The lowest BCUT2D eigenvalue weighted by molar-refractivity contribution is 0.479. The molecule has 3 N–H and O–H groups in total. The van der Waals surface area contributed by atoms with E-state index in [1.807, 2.05) is 24.3 Å². The van der Waals surface area contributed by atoms with Crippen LogP contribution in [0.15, 0.2) is 51.4 Å². The number of amidine groups is 1. The summed E-state index contributed by atoms with van der Waals surface area (Å²) < 4.78 is 7.45. The lowest BCUT2D eigenvalue weighted by atomic mass is 10.2. The Balaban J connectivity index is 2.27. The number of nitrogen functional groups attached to an aromatic ring is 1. The molecule has 2 rings (SSSR count). The highest BCUT2D eigenvalue weighted by atomic mass is 79.9. The first-order valence-corrected chi connectivity index (χ1v) is 6.72. The van der Waals surface area contributed by atoms with E-state index in [0.29, 0.717) is 11.3 Å². The summed E-state index contributed by atoms with van der Waals surface area (Å²) in [5.41, 5.74) is 6.08. The fourth-order valence-corrected chi connectivity index (χ4v) is 2.25. The van der Waals surface area contributed by atoms with Crippen LogP contribution in [0.5, 0.6) is 11.5 Å². The molecule has 0 spiro atoms. The molecule has 0 unspecified atom stereocenters. The zero-order valence-corrected chi connectivity index (χ0v) is 12.5. The van der Waals surface area contributed by atoms with Gasteiger partial charge in [-0.05, 0) is 52.3 Å². The molecular formula is C13H10Br2N2O. The van der Waals surface area contributed by atoms with Gasteiger partial charge in [0.2, 0.25) is 0 Å². The van der Waals surface area contributed by atoms with Crippen LogP contribution in [0.3, 0.4) is 0 Å². The molecule has 18 heavy (non-hydrogen) atoms. The van der Waals surface area contributed by atoms with Gasteiger partial charge >= 0.3 is 0 Å². The summed E-state index contributed by atoms with van der Waals surface area (Å²) >= 11 is 6.79. The van der Waals surface area contributed by atoms with E-state index in [9.17, 15) is 0 Å². The Hall–Kier alpha value is -1.33. The fourth-order valence-electron chi connectivity index (χ4n) is 1.41. The minimum absolute atomic E-state index is 0.0321. The second-order valence-corrected chi connectivity index (χ2v) is 5.39. The Kier molecular flexibility index (Phi) is 4.04. The van der Waals surface area contributed by atoms with E-state index in [-0.39, 0.29) is 5.84 Å². The van der Waals surface area contributed by atoms with Gasteiger partial charge < -0.3 is 10.5 Å². The number of hydrogen-bond acceptors (Lipinski definition) is 2. The molecule has 0 saturated heterocycles.